The minimum Gasteiger partial charge on any atom is -0.348 e. The zero-order valence-electron chi connectivity index (χ0n) is 11.8. The van der Waals surface area contributed by atoms with E-state index in [0.717, 1.165) is 30.0 Å². The van der Waals surface area contributed by atoms with Gasteiger partial charge in [0, 0.05) is 11.4 Å². The van der Waals surface area contributed by atoms with Crippen molar-refractivity contribution in [2.24, 2.45) is 0 Å². The van der Waals surface area contributed by atoms with Gasteiger partial charge >= 0.3 is 0 Å². The molecule has 0 spiro atoms. The van der Waals surface area contributed by atoms with Gasteiger partial charge in [-0.25, -0.2) is 4.98 Å². The fourth-order valence-electron chi connectivity index (χ4n) is 2.26. The monoisotopic (exact) mass is 290 g/mol. The number of nitrogens with zero attached hydrogens (tertiary/aromatic N) is 1. The van der Waals surface area contributed by atoms with Crippen LogP contribution in [0.3, 0.4) is 0 Å². The number of amides is 1. The third kappa shape index (κ3) is 3.28. The first-order valence-corrected chi connectivity index (χ1v) is 7.39. The lowest BCUT2D eigenvalue weighted by Gasteiger charge is -2.16. The van der Waals surface area contributed by atoms with Crippen LogP contribution < -0.4 is 5.32 Å². The van der Waals surface area contributed by atoms with Gasteiger partial charge in [-0.05, 0) is 24.3 Å². The van der Waals surface area contributed by atoms with Crippen molar-refractivity contribution in [2.75, 3.05) is 0 Å². The largest absolute Gasteiger partial charge is 0.348 e. The summed E-state index contributed by atoms with van der Waals surface area (Å²) in [5, 5.41) is 5.19. The van der Waals surface area contributed by atoms with Crippen molar-refractivity contribution in [3.8, 4) is 0 Å². The Hall–Kier alpha value is -1.61. The van der Waals surface area contributed by atoms with Crippen LogP contribution in [0, 0.1) is 0 Å². The molecule has 0 saturated heterocycles. The molecular weight excluding hydrogens is 272 g/mol. The van der Waals surface area contributed by atoms with Gasteiger partial charge < -0.3 is 5.32 Å². The van der Waals surface area contributed by atoms with Crippen LogP contribution >= 0.6 is 11.6 Å². The van der Waals surface area contributed by atoms with Gasteiger partial charge in [0.2, 0.25) is 0 Å². The highest BCUT2D eigenvalue weighted by Crippen LogP contribution is 2.22. The van der Waals surface area contributed by atoms with Gasteiger partial charge in [-0.2, -0.15) is 0 Å². The highest BCUT2D eigenvalue weighted by atomic mass is 35.5. The fraction of sp³-hybridized carbons (Fsp3) is 0.375. The summed E-state index contributed by atoms with van der Waals surface area (Å²) in [4.78, 5) is 16.5. The maximum Gasteiger partial charge on any atom is 0.270 e. The number of nitrogens with one attached hydrogen (secondary N) is 1. The van der Waals surface area contributed by atoms with Gasteiger partial charge in [0.1, 0.15) is 10.8 Å². The van der Waals surface area contributed by atoms with Gasteiger partial charge in [0.05, 0.1) is 0 Å². The molecule has 1 heterocycles. The molecule has 4 heteroatoms. The standard InChI is InChI=1S/C16H19ClN2O/c1-3-7-12(4-2)18-16(20)14-10-11-8-5-6-9-13(11)15(17)19-14/h5-6,8-10,12H,3-4,7H2,1-2H3,(H,18,20). The van der Waals surface area contributed by atoms with Crippen molar-refractivity contribution in [1.29, 1.82) is 0 Å². The van der Waals surface area contributed by atoms with Gasteiger partial charge in [0.15, 0.2) is 0 Å². The van der Waals surface area contributed by atoms with E-state index in [2.05, 4.69) is 24.1 Å². The van der Waals surface area contributed by atoms with Crippen molar-refractivity contribution < 1.29 is 4.79 Å². The van der Waals surface area contributed by atoms with Gasteiger partial charge in [-0.3, -0.25) is 4.79 Å². The Balaban J connectivity index is 2.26. The molecule has 0 aliphatic carbocycles. The molecule has 2 rings (SSSR count). The molecule has 3 nitrogen and oxygen atoms in total. The summed E-state index contributed by atoms with van der Waals surface area (Å²) >= 11 is 6.15. The number of pyridine rings is 1. The number of benzene rings is 1. The van der Waals surface area contributed by atoms with E-state index in [9.17, 15) is 4.79 Å². The molecule has 1 atom stereocenters. The smallest absolute Gasteiger partial charge is 0.270 e. The van der Waals surface area contributed by atoms with E-state index in [4.69, 9.17) is 11.6 Å². The van der Waals surface area contributed by atoms with Crippen LogP contribution in [-0.2, 0) is 0 Å². The SMILES string of the molecule is CCCC(CC)NC(=O)c1cc2ccccc2c(Cl)n1. The van der Waals surface area contributed by atoms with Crippen LogP contribution in [0.4, 0.5) is 0 Å². The fourth-order valence-corrected chi connectivity index (χ4v) is 2.52. The Morgan fingerprint density at radius 2 is 2.10 bits per heavy atom. The lowest BCUT2D eigenvalue weighted by molar-refractivity contribution is 0.0929. The number of hydrogen-bond donors (Lipinski definition) is 1. The minimum atomic E-state index is -0.155. The molecule has 0 saturated carbocycles. The van der Waals surface area contributed by atoms with E-state index in [1.807, 2.05) is 24.3 Å². The third-order valence-corrected chi connectivity index (χ3v) is 3.68. The number of halogens is 1. The van der Waals surface area contributed by atoms with E-state index in [-0.39, 0.29) is 11.9 Å². The van der Waals surface area contributed by atoms with Crippen LogP contribution in [0.1, 0.15) is 43.6 Å². The Labute approximate surface area is 124 Å². The Morgan fingerprint density at radius 1 is 1.35 bits per heavy atom. The van der Waals surface area contributed by atoms with Crippen LogP contribution in [0.15, 0.2) is 30.3 Å². The molecule has 0 bridgehead atoms. The molecule has 0 radical (unpaired) electrons. The molecule has 106 valence electrons. The number of carbonyl (C=O) groups excluding carboxylic acids is 1. The minimum absolute atomic E-state index is 0.155. The van der Waals surface area contributed by atoms with E-state index < -0.39 is 0 Å². The molecule has 0 aliphatic rings. The highest BCUT2D eigenvalue weighted by molar-refractivity contribution is 6.34. The number of hydrogen-bond acceptors (Lipinski definition) is 2. The number of aromatic nitrogens is 1. The topological polar surface area (TPSA) is 42.0 Å². The van der Waals surface area contributed by atoms with Gasteiger partial charge in [0.25, 0.3) is 5.91 Å². The average Bonchev–Trinajstić information content (AvgIpc) is 2.46. The summed E-state index contributed by atoms with van der Waals surface area (Å²) in [6, 6.07) is 9.65. The molecule has 2 aromatic rings. The van der Waals surface area contributed by atoms with Crippen molar-refractivity contribution in [2.45, 2.75) is 39.2 Å². The molecule has 1 aromatic heterocycles. The molecule has 0 fully saturated rings. The zero-order chi connectivity index (χ0) is 14.5. The number of rotatable bonds is 5. The normalized spacial score (nSPS) is 12.3. The van der Waals surface area contributed by atoms with Crippen LogP contribution in [0.5, 0.6) is 0 Å². The van der Waals surface area contributed by atoms with E-state index in [1.165, 1.54) is 0 Å². The summed E-state index contributed by atoms with van der Waals surface area (Å²) in [7, 11) is 0. The first-order valence-electron chi connectivity index (χ1n) is 7.01. The zero-order valence-corrected chi connectivity index (χ0v) is 12.6. The number of carbonyl (C=O) groups is 1. The lowest BCUT2D eigenvalue weighted by atomic mass is 10.1. The first-order chi connectivity index (χ1) is 9.65. The van der Waals surface area contributed by atoms with E-state index in [0.29, 0.717) is 10.8 Å². The maximum atomic E-state index is 12.3. The summed E-state index contributed by atoms with van der Waals surface area (Å²) < 4.78 is 0. The molecule has 1 aromatic carbocycles. The van der Waals surface area contributed by atoms with Crippen molar-refractivity contribution in [3.05, 3.63) is 41.2 Å². The maximum absolute atomic E-state index is 12.3. The van der Waals surface area contributed by atoms with Crippen LogP contribution in [0.25, 0.3) is 10.8 Å². The van der Waals surface area contributed by atoms with Gasteiger partial charge in [-0.1, -0.05) is 56.1 Å². The third-order valence-electron chi connectivity index (χ3n) is 3.39. The summed E-state index contributed by atoms with van der Waals surface area (Å²) in [5.41, 5.74) is 0.378. The van der Waals surface area contributed by atoms with Crippen LogP contribution in [-0.4, -0.2) is 16.9 Å². The predicted octanol–water partition coefficient (Wildman–Crippen LogP) is 4.20. The molecule has 1 N–H and O–H groups in total. The summed E-state index contributed by atoms with van der Waals surface area (Å²) in [6.07, 6.45) is 2.94. The molecule has 20 heavy (non-hydrogen) atoms. The van der Waals surface area contributed by atoms with E-state index in [1.54, 1.807) is 6.07 Å². The van der Waals surface area contributed by atoms with Crippen molar-refractivity contribution in [3.63, 3.8) is 0 Å². The highest BCUT2D eigenvalue weighted by Gasteiger charge is 2.14. The molecule has 0 aliphatic heterocycles. The van der Waals surface area contributed by atoms with Crippen molar-refractivity contribution >= 4 is 28.3 Å². The molecule has 1 amide bonds. The van der Waals surface area contributed by atoms with Gasteiger partial charge in [-0.15, -0.1) is 0 Å². The number of fused-ring (bicyclic) bond motifs is 1. The second-order valence-electron chi connectivity index (χ2n) is 4.89. The van der Waals surface area contributed by atoms with Crippen LogP contribution in [0.2, 0.25) is 5.15 Å². The van der Waals surface area contributed by atoms with Crippen molar-refractivity contribution in [1.82, 2.24) is 10.3 Å². The van der Waals surface area contributed by atoms with E-state index >= 15 is 0 Å². The quantitative estimate of drug-likeness (QED) is 0.839. The predicted molar refractivity (Wildman–Crippen MR) is 83.2 cm³/mol. The first kappa shape index (κ1) is 14.8. The molecule has 1 unspecified atom stereocenters. The lowest BCUT2D eigenvalue weighted by Crippen LogP contribution is -2.34. The Bertz CT molecular complexity index is 612. The summed E-state index contributed by atoms with van der Waals surface area (Å²) in [5.74, 6) is -0.155. The summed E-state index contributed by atoms with van der Waals surface area (Å²) in [6.45, 7) is 4.18. The average molecular weight is 291 g/mol. The second-order valence-corrected chi connectivity index (χ2v) is 5.24. The Morgan fingerprint density at radius 3 is 2.80 bits per heavy atom. The molecular formula is C16H19ClN2O. The Kier molecular flexibility index (Phi) is 4.96. The second kappa shape index (κ2) is 6.71.